The first-order valence-corrected chi connectivity index (χ1v) is 11.3. The number of hydrogen-bond donors (Lipinski definition) is 1. The van der Waals surface area contributed by atoms with Gasteiger partial charge in [-0.05, 0) is 48.2 Å². The maximum atomic E-state index is 12.6. The van der Waals surface area contributed by atoms with Crippen LogP contribution >= 0.6 is 0 Å². The number of carbonyl (C=O) groups excluding carboxylic acids is 1. The normalized spacial score (nSPS) is 11.6. The van der Waals surface area contributed by atoms with Crippen LogP contribution in [-0.2, 0) is 21.4 Å². The van der Waals surface area contributed by atoms with E-state index in [1.54, 1.807) is 12.1 Å². The molecule has 8 heteroatoms. The number of aryl methyl sites for hydroxylation is 1. The molecule has 0 radical (unpaired) electrons. The smallest absolute Gasteiger partial charge is 0.340 e. The fourth-order valence-electron chi connectivity index (χ4n) is 3.30. The Morgan fingerprint density at radius 1 is 1.17 bits per heavy atom. The summed E-state index contributed by atoms with van der Waals surface area (Å²) >= 11 is 0. The Hall–Kier alpha value is -3.13. The minimum Gasteiger partial charge on any atom is -0.457 e. The first-order chi connectivity index (χ1) is 14.0. The molecule has 3 aromatic rings. The molecule has 3 rings (SSSR count). The molecule has 1 heterocycles. The fraction of sp³-hybridized carbons (Fsp3) is 0.273. The van der Waals surface area contributed by atoms with Crippen molar-refractivity contribution in [2.24, 2.45) is 0 Å². The minimum absolute atomic E-state index is 0.0777. The standard InChI is InChI=1S/C22H23NO6S/c1-13(2)17-11-18-15(10-21(24)29-20(18)9-14(17)3)12-28-22(25)16-7-5-6-8-19(16)23-30(4,26)27/h5-11,13,23H,12H2,1-4H3. The number of benzene rings is 2. The van der Waals surface area contributed by atoms with Crippen molar-refractivity contribution in [3.05, 3.63) is 75.1 Å². The molecule has 0 unspecified atom stereocenters. The average Bonchev–Trinajstić information content (AvgIpc) is 2.64. The van der Waals surface area contributed by atoms with Crippen LogP contribution in [0.5, 0.6) is 0 Å². The molecule has 0 bridgehead atoms. The molecule has 2 aromatic carbocycles. The van der Waals surface area contributed by atoms with Crippen LogP contribution in [0.1, 0.15) is 46.8 Å². The molecule has 0 aliphatic rings. The summed E-state index contributed by atoms with van der Waals surface area (Å²) in [4.78, 5) is 24.6. The van der Waals surface area contributed by atoms with E-state index in [2.05, 4.69) is 18.6 Å². The molecule has 1 aromatic heterocycles. The average molecular weight is 429 g/mol. The van der Waals surface area contributed by atoms with Gasteiger partial charge in [-0.3, -0.25) is 4.72 Å². The van der Waals surface area contributed by atoms with Gasteiger partial charge in [-0.1, -0.05) is 26.0 Å². The Morgan fingerprint density at radius 2 is 1.87 bits per heavy atom. The second-order valence-electron chi connectivity index (χ2n) is 7.45. The van der Waals surface area contributed by atoms with Gasteiger partial charge in [-0.25, -0.2) is 18.0 Å². The SMILES string of the molecule is Cc1cc2oc(=O)cc(COC(=O)c3ccccc3NS(C)(=O)=O)c2cc1C(C)C. The van der Waals surface area contributed by atoms with E-state index in [0.29, 0.717) is 16.5 Å². The van der Waals surface area contributed by atoms with Crippen molar-refractivity contribution < 1.29 is 22.4 Å². The number of nitrogens with one attached hydrogen (secondary N) is 1. The van der Waals surface area contributed by atoms with E-state index < -0.39 is 21.6 Å². The van der Waals surface area contributed by atoms with Gasteiger partial charge >= 0.3 is 11.6 Å². The van der Waals surface area contributed by atoms with Crippen LogP contribution in [0.2, 0.25) is 0 Å². The number of rotatable bonds is 6. The zero-order chi connectivity index (χ0) is 22.1. The lowest BCUT2D eigenvalue weighted by molar-refractivity contribution is 0.0475. The maximum Gasteiger partial charge on any atom is 0.340 e. The fourth-order valence-corrected chi connectivity index (χ4v) is 3.88. The van der Waals surface area contributed by atoms with Crippen molar-refractivity contribution in [2.75, 3.05) is 11.0 Å². The van der Waals surface area contributed by atoms with Crippen LogP contribution in [0.25, 0.3) is 11.0 Å². The number of sulfonamides is 1. The molecule has 0 aliphatic heterocycles. The number of esters is 1. The van der Waals surface area contributed by atoms with Crippen LogP contribution in [0.3, 0.4) is 0 Å². The summed E-state index contributed by atoms with van der Waals surface area (Å²) in [5, 5.41) is 0.694. The largest absolute Gasteiger partial charge is 0.457 e. The summed E-state index contributed by atoms with van der Waals surface area (Å²) in [7, 11) is -3.56. The van der Waals surface area contributed by atoms with Gasteiger partial charge in [0.05, 0.1) is 17.5 Å². The minimum atomic E-state index is -3.56. The van der Waals surface area contributed by atoms with Crippen LogP contribution in [0.4, 0.5) is 5.69 Å². The van der Waals surface area contributed by atoms with Crippen molar-refractivity contribution in [3.8, 4) is 0 Å². The predicted octanol–water partition coefficient (Wildman–Crippen LogP) is 3.95. The van der Waals surface area contributed by atoms with E-state index in [1.807, 2.05) is 19.1 Å². The quantitative estimate of drug-likeness (QED) is 0.470. The van der Waals surface area contributed by atoms with Gasteiger partial charge in [-0.2, -0.15) is 0 Å². The third-order valence-corrected chi connectivity index (χ3v) is 5.23. The van der Waals surface area contributed by atoms with E-state index in [0.717, 1.165) is 17.4 Å². The topological polar surface area (TPSA) is 103 Å². The lowest BCUT2D eigenvalue weighted by atomic mass is 9.95. The van der Waals surface area contributed by atoms with Crippen LogP contribution in [-0.4, -0.2) is 20.6 Å². The number of anilines is 1. The van der Waals surface area contributed by atoms with E-state index in [4.69, 9.17) is 9.15 Å². The summed E-state index contributed by atoms with van der Waals surface area (Å²) in [6.45, 7) is 5.93. The van der Waals surface area contributed by atoms with Crippen LogP contribution < -0.4 is 10.3 Å². The maximum absolute atomic E-state index is 12.6. The van der Waals surface area contributed by atoms with Gasteiger partial charge < -0.3 is 9.15 Å². The molecule has 0 atom stereocenters. The van der Waals surface area contributed by atoms with Gasteiger partial charge in [0.25, 0.3) is 0 Å². The Labute approximate surface area is 174 Å². The summed E-state index contributed by atoms with van der Waals surface area (Å²) in [5.41, 5.74) is 2.72. The first kappa shape index (κ1) is 21.6. The second-order valence-corrected chi connectivity index (χ2v) is 9.19. The van der Waals surface area contributed by atoms with E-state index in [1.165, 1.54) is 18.2 Å². The van der Waals surface area contributed by atoms with Gasteiger partial charge in [-0.15, -0.1) is 0 Å². The highest BCUT2D eigenvalue weighted by molar-refractivity contribution is 7.92. The van der Waals surface area contributed by atoms with Gasteiger partial charge in [0.15, 0.2) is 0 Å². The van der Waals surface area contributed by atoms with Gasteiger partial charge in [0.2, 0.25) is 10.0 Å². The number of ether oxygens (including phenoxy) is 1. The highest BCUT2D eigenvalue weighted by Gasteiger charge is 2.17. The molecule has 30 heavy (non-hydrogen) atoms. The van der Waals surface area contributed by atoms with Crippen molar-refractivity contribution in [2.45, 2.75) is 33.3 Å². The first-order valence-electron chi connectivity index (χ1n) is 9.36. The molecular formula is C22H23NO6S. The van der Waals surface area contributed by atoms with Gasteiger partial charge in [0.1, 0.15) is 12.2 Å². The Bertz CT molecular complexity index is 1270. The Balaban J connectivity index is 1.94. The highest BCUT2D eigenvalue weighted by Crippen LogP contribution is 2.27. The molecule has 7 nitrogen and oxygen atoms in total. The molecule has 0 fully saturated rings. The van der Waals surface area contributed by atoms with Gasteiger partial charge in [0, 0.05) is 17.0 Å². The number of carbonyl (C=O) groups is 1. The third kappa shape index (κ3) is 4.88. The molecule has 0 spiro atoms. The van der Waals surface area contributed by atoms with Crippen molar-refractivity contribution in [1.82, 2.24) is 0 Å². The highest BCUT2D eigenvalue weighted by atomic mass is 32.2. The van der Waals surface area contributed by atoms with Crippen molar-refractivity contribution >= 4 is 32.6 Å². The lowest BCUT2D eigenvalue weighted by Gasteiger charge is -2.14. The molecule has 0 aliphatic carbocycles. The Morgan fingerprint density at radius 3 is 2.53 bits per heavy atom. The van der Waals surface area contributed by atoms with Crippen LogP contribution in [0.15, 0.2) is 51.7 Å². The van der Waals surface area contributed by atoms with Crippen LogP contribution in [0, 0.1) is 6.92 Å². The number of hydrogen-bond acceptors (Lipinski definition) is 6. The molecule has 0 saturated carbocycles. The van der Waals surface area contributed by atoms with E-state index >= 15 is 0 Å². The van der Waals surface area contributed by atoms with Crippen molar-refractivity contribution in [3.63, 3.8) is 0 Å². The number of para-hydroxylation sites is 1. The molecule has 0 amide bonds. The summed E-state index contributed by atoms with van der Waals surface area (Å²) in [6.07, 6.45) is 0.999. The number of fused-ring (bicyclic) bond motifs is 1. The second kappa shape index (κ2) is 8.31. The third-order valence-electron chi connectivity index (χ3n) is 4.64. The molecule has 0 saturated heterocycles. The lowest BCUT2D eigenvalue weighted by Crippen LogP contribution is -2.15. The Kier molecular flexibility index (Phi) is 5.98. The molecular weight excluding hydrogens is 406 g/mol. The molecule has 1 N–H and O–H groups in total. The monoisotopic (exact) mass is 429 g/mol. The zero-order valence-electron chi connectivity index (χ0n) is 17.2. The zero-order valence-corrected chi connectivity index (χ0v) is 18.0. The molecule has 158 valence electrons. The summed E-state index contributed by atoms with van der Waals surface area (Å²) in [5.74, 6) is -0.440. The van der Waals surface area contributed by atoms with Crippen molar-refractivity contribution in [1.29, 1.82) is 0 Å². The predicted molar refractivity (Wildman–Crippen MR) is 115 cm³/mol. The van der Waals surface area contributed by atoms with E-state index in [9.17, 15) is 18.0 Å². The summed E-state index contributed by atoms with van der Waals surface area (Å²) < 4.78 is 36.1. The summed E-state index contributed by atoms with van der Waals surface area (Å²) in [6, 6.07) is 11.2. The van der Waals surface area contributed by atoms with E-state index in [-0.39, 0.29) is 23.8 Å².